The Morgan fingerprint density at radius 2 is 1.81 bits per heavy atom. The lowest BCUT2D eigenvalue weighted by Crippen LogP contribution is -2.00. The van der Waals surface area contributed by atoms with Crippen LogP contribution >= 0.6 is 7.82 Å². The quantitative estimate of drug-likeness (QED) is 0.757. The van der Waals surface area contributed by atoms with Gasteiger partial charge in [0.15, 0.2) is 0 Å². The maximum Gasteiger partial charge on any atom is 0.524 e. The minimum Gasteiger partial charge on any atom is -0.508 e. The lowest BCUT2D eigenvalue weighted by Gasteiger charge is -2.07. The average molecular weight is 305 g/mol. The van der Waals surface area contributed by atoms with Crippen molar-refractivity contribution >= 4 is 19.2 Å². The van der Waals surface area contributed by atoms with E-state index in [-0.39, 0.29) is 11.5 Å². The molecule has 7 heteroatoms. The second-order valence-corrected chi connectivity index (χ2v) is 5.82. The number of phenols is 1. The Balaban J connectivity index is 1.83. The van der Waals surface area contributed by atoms with Crippen molar-refractivity contribution in [1.82, 2.24) is 0 Å². The molecule has 3 rings (SSSR count). The van der Waals surface area contributed by atoms with Crippen LogP contribution in [-0.4, -0.2) is 20.6 Å². The van der Waals surface area contributed by atoms with Crippen molar-refractivity contribution < 1.29 is 24.0 Å². The molecule has 1 aliphatic heterocycles. The third-order valence-corrected chi connectivity index (χ3v) is 3.54. The minimum atomic E-state index is -4.54. The maximum atomic E-state index is 10.7. The van der Waals surface area contributed by atoms with Gasteiger partial charge in [-0.25, -0.2) is 4.57 Å². The number of phosphoric ester groups is 1. The van der Waals surface area contributed by atoms with E-state index in [0.717, 1.165) is 22.5 Å². The molecule has 0 amide bonds. The Labute approximate surface area is 120 Å². The van der Waals surface area contributed by atoms with Crippen molar-refractivity contribution in [2.24, 2.45) is 4.99 Å². The highest BCUT2D eigenvalue weighted by Crippen LogP contribution is 2.38. The van der Waals surface area contributed by atoms with Crippen molar-refractivity contribution in [2.45, 2.75) is 6.42 Å². The maximum absolute atomic E-state index is 10.7. The van der Waals surface area contributed by atoms with Crippen LogP contribution in [0.3, 0.4) is 0 Å². The zero-order valence-electron chi connectivity index (χ0n) is 10.8. The topological polar surface area (TPSA) is 99.4 Å². The van der Waals surface area contributed by atoms with Gasteiger partial charge in [-0.3, -0.25) is 14.8 Å². The van der Waals surface area contributed by atoms with E-state index in [4.69, 9.17) is 9.79 Å². The van der Waals surface area contributed by atoms with E-state index in [9.17, 15) is 9.67 Å². The molecule has 0 aromatic heterocycles. The summed E-state index contributed by atoms with van der Waals surface area (Å²) in [4.78, 5) is 21.9. The van der Waals surface area contributed by atoms with Crippen LogP contribution in [0.5, 0.6) is 11.5 Å². The van der Waals surface area contributed by atoms with Crippen molar-refractivity contribution in [1.29, 1.82) is 0 Å². The zero-order chi connectivity index (χ0) is 15.0. The van der Waals surface area contributed by atoms with Gasteiger partial charge in [-0.2, -0.15) is 0 Å². The number of rotatable bonds is 3. The average Bonchev–Trinajstić information content (AvgIpc) is 2.80. The molecule has 2 aromatic rings. The van der Waals surface area contributed by atoms with Gasteiger partial charge in [0, 0.05) is 12.5 Å². The van der Waals surface area contributed by atoms with Crippen LogP contribution < -0.4 is 4.52 Å². The number of hydrogen-bond acceptors (Lipinski definition) is 4. The Morgan fingerprint density at radius 1 is 1.10 bits per heavy atom. The van der Waals surface area contributed by atoms with Gasteiger partial charge >= 0.3 is 7.82 Å². The molecule has 0 bridgehead atoms. The summed E-state index contributed by atoms with van der Waals surface area (Å²) in [6.07, 6.45) is 0.647. The van der Waals surface area contributed by atoms with Crippen molar-refractivity contribution in [3.8, 4) is 11.5 Å². The summed E-state index contributed by atoms with van der Waals surface area (Å²) in [5, 5.41) is 9.44. The van der Waals surface area contributed by atoms with Crippen LogP contribution in [-0.2, 0) is 11.0 Å². The van der Waals surface area contributed by atoms with Gasteiger partial charge in [-0.15, -0.1) is 0 Å². The van der Waals surface area contributed by atoms with Gasteiger partial charge in [-0.05, 0) is 41.5 Å². The van der Waals surface area contributed by atoms with Crippen molar-refractivity contribution in [2.75, 3.05) is 0 Å². The molecule has 2 aromatic carbocycles. The largest absolute Gasteiger partial charge is 0.524 e. The van der Waals surface area contributed by atoms with Crippen LogP contribution in [0.1, 0.15) is 11.1 Å². The van der Waals surface area contributed by atoms with E-state index < -0.39 is 7.82 Å². The first kappa shape index (κ1) is 13.8. The van der Waals surface area contributed by atoms with Gasteiger partial charge in [-0.1, -0.05) is 6.07 Å². The first-order chi connectivity index (χ1) is 9.90. The summed E-state index contributed by atoms with van der Waals surface area (Å²) in [6.45, 7) is 0. The van der Waals surface area contributed by atoms with E-state index in [0.29, 0.717) is 6.42 Å². The smallest absolute Gasteiger partial charge is 0.508 e. The molecule has 0 fully saturated rings. The van der Waals surface area contributed by atoms with Gasteiger partial charge in [0.05, 0.1) is 11.4 Å². The van der Waals surface area contributed by atoms with E-state index in [1.54, 1.807) is 24.3 Å². The molecule has 0 spiro atoms. The summed E-state index contributed by atoms with van der Waals surface area (Å²) in [7, 11) is -4.54. The fraction of sp³-hybridized carbons (Fsp3) is 0.0714. The van der Waals surface area contributed by atoms with E-state index in [1.165, 1.54) is 12.1 Å². The molecule has 21 heavy (non-hydrogen) atoms. The number of aromatic hydroxyl groups is 1. The second-order valence-electron chi connectivity index (χ2n) is 4.65. The molecule has 0 saturated carbocycles. The van der Waals surface area contributed by atoms with Gasteiger partial charge in [0.25, 0.3) is 0 Å². The van der Waals surface area contributed by atoms with Crippen LogP contribution in [0.4, 0.5) is 5.69 Å². The minimum absolute atomic E-state index is 0.0980. The molecular formula is C14H12NO5P. The van der Waals surface area contributed by atoms with Crippen LogP contribution in [0.2, 0.25) is 0 Å². The first-order valence-corrected chi connectivity index (χ1v) is 7.69. The fourth-order valence-corrected chi connectivity index (χ4v) is 2.58. The lowest BCUT2D eigenvalue weighted by molar-refractivity contribution is 0.283. The molecule has 0 atom stereocenters. The highest BCUT2D eigenvalue weighted by Gasteiger charge is 2.18. The normalized spacial score (nSPS) is 13.7. The summed E-state index contributed by atoms with van der Waals surface area (Å²) in [6, 6.07) is 11.4. The number of hydrogen-bond donors (Lipinski definition) is 3. The number of phosphoric acid groups is 1. The third kappa shape index (κ3) is 3.13. The Kier molecular flexibility index (Phi) is 3.29. The lowest BCUT2D eigenvalue weighted by atomic mass is 10.0. The number of benzene rings is 2. The summed E-state index contributed by atoms with van der Waals surface area (Å²) in [5.41, 5.74) is 3.43. The third-order valence-electron chi connectivity index (χ3n) is 3.09. The Hall–Kier alpha value is -2.14. The number of phenolic OH excluding ortho intramolecular Hbond substituents is 1. The Bertz CT molecular complexity index is 763. The summed E-state index contributed by atoms with van der Waals surface area (Å²) >= 11 is 0. The van der Waals surface area contributed by atoms with Gasteiger partial charge in [0.2, 0.25) is 0 Å². The highest BCUT2D eigenvalue weighted by atomic mass is 31.2. The predicted molar refractivity (Wildman–Crippen MR) is 77.1 cm³/mol. The molecule has 0 saturated heterocycles. The molecule has 0 aliphatic carbocycles. The van der Waals surface area contributed by atoms with E-state index in [2.05, 4.69) is 9.52 Å². The summed E-state index contributed by atoms with van der Waals surface area (Å²) in [5.74, 6) is 0.269. The SMILES string of the molecule is O=P(O)(O)Oc1ccc(C2=Nc3cc(O)ccc3C2)cc1. The van der Waals surface area contributed by atoms with Gasteiger partial charge in [0.1, 0.15) is 11.5 Å². The Morgan fingerprint density at radius 3 is 2.48 bits per heavy atom. The fourth-order valence-electron chi connectivity index (χ4n) is 2.18. The van der Waals surface area contributed by atoms with E-state index >= 15 is 0 Å². The first-order valence-electron chi connectivity index (χ1n) is 6.16. The van der Waals surface area contributed by atoms with Crippen LogP contribution in [0.25, 0.3) is 0 Å². The number of aliphatic imine (C=N–C) groups is 1. The molecule has 108 valence electrons. The van der Waals surface area contributed by atoms with Crippen molar-refractivity contribution in [3.05, 3.63) is 53.6 Å². The molecule has 0 unspecified atom stereocenters. The molecule has 0 radical (unpaired) electrons. The van der Waals surface area contributed by atoms with Crippen LogP contribution in [0.15, 0.2) is 47.5 Å². The zero-order valence-corrected chi connectivity index (χ0v) is 11.7. The number of nitrogens with zero attached hydrogens (tertiary/aromatic N) is 1. The van der Waals surface area contributed by atoms with Gasteiger partial charge < -0.3 is 9.63 Å². The predicted octanol–water partition coefficient (Wildman–Crippen LogP) is 2.54. The molecule has 3 N–H and O–H groups in total. The molecule has 1 aliphatic rings. The molecule has 6 nitrogen and oxygen atoms in total. The molecular weight excluding hydrogens is 293 g/mol. The second kappa shape index (κ2) is 5.00. The van der Waals surface area contributed by atoms with Crippen molar-refractivity contribution in [3.63, 3.8) is 0 Å². The standard InChI is InChI=1S/C14H12NO5P/c16-11-4-1-10-7-13(15-14(10)8-11)9-2-5-12(6-3-9)20-21(17,18)19/h1-6,8,16H,7H2,(H2,17,18,19). The van der Waals surface area contributed by atoms with E-state index in [1.807, 2.05) is 6.07 Å². The highest BCUT2D eigenvalue weighted by molar-refractivity contribution is 7.46. The summed E-state index contributed by atoms with van der Waals surface area (Å²) < 4.78 is 15.2. The number of fused-ring (bicyclic) bond motifs is 1. The van der Waals surface area contributed by atoms with Crippen LogP contribution in [0, 0.1) is 0 Å². The molecule has 1 heterocycles. The monoisotopic (exact) mass is 305 g/mol.